The van der Waals surface area contributed by atoms with Gasteiger partial charge >= 0.3 is 12.0 Å². The SMILES string of the molecule is Cc1ccsc1CNC(=O)N1CC(O)C[C@H]1C(=O)O. The lowest BCUT2D eigenvalue weighted by Crippen LogP contribution is -2.45. The van der Waals surface area contributed by atoms with Crippen LogP contribution in [0.25, 0.3) is 0 Å². The molecule has 6 nitrogen and oxygen atoms in total. The van der Waals surface area contributed by atoms with Crippen LogP contribution in [0.3, 0.4) is 0 Å². The fourth-order valence-electron chi connectivity index (χ4n) is 2.11. The third-order valence-electron chi connectivity index (χ3n) is 3.19. The summed E-state index contributed by atoms with van der Waals surface area (Å²) in [6.07, 6.45) is -0.684. The highest BCUT2D eigenvalue weighted by molar-refractivity contribution is 7.10. The zero-order valence-corrected chi connectivity index (χ0v) is 11.3. The Labute approximate surface area is 114 Å². The average molecular weight is 284 g/mol. The van der Waals surface area contributed by atoms with Crippen molar-refractivity contribution in [2.45, 2.75) is 32.0 Å². The molecule has 2 amide bonds. The number of β-amino-alcohol motifs (C(OH)–C–C–N with tert-alkyl or cyclic N) is 1. The molecule has 3 N–H and O–H groups in total. The van der Waals surface area contributed by atoms with Crippen LogP contribution in [0.15, 0.2) is 11.4 Å². The van der Waals surface area contributed by atoms with Crippen molar-refractivity contribution in [3.05, 3.63) is 21.9 Å². The molecule has 7 heteroatoms. The van der Waals surface area contributed by atoms with Gasteiger partial charge in [0, 0.05) is 17.8 Å². The van der Waals surface area contributed by atoms with Gasteiger partial charge in [-0.1, -0.05) is 0 Å². The molecule has 2 atom stereocenters. The number of aliphatic hydroxyl groups is 1. The third-order valence-corrected chi connectivity index (χ3v) is 4.22. The van der Waals surface area contributed by atoms with E-state index in [9.17, 15) is 14.7 Å². The summed E-state index contributed by atoms with van der Waals surface area (Å²) in [6.45, 7) is 2.39. The minimum Gasteiger partial charge on any atom is -0.480 e. The molecule has 1 aliphatic heterocycles. The zero-order chi connectivity index (χ0) is 14.0. The summed E-state index contributed by atoms with van der Waals surface area (Å²) in [5, 5.41) is 23.1. The molecule has 1 aromatic heterocycles. The summed E-state index contributed by atoms with van der Waals surface area (Å²) < 4.78 is 0. The number of thiophene rings is 1. The maximum absolute atomic E-state index is 12.0. The number of aliphatic carboxylic acids is 1. The van der Waals surface area contributed by atoms with Crippen molar-refractivity contribution >= 4 is 23.3 Å². The zero-order valence-electron chi connectivity index (χ0n) is 10.5. The fourth-order valence-corrected chi connectivity index (χ4v) is 2.96. The van der Waals surface area contributed by atoms with Crippen molar-refractivity contribution < 1.29 is 19.8 Å². The lowest BCUT2D eigenvalue weighted by atomic mass is 10.2. The summed E-state index contributed by atoms with van der Waals surface area (Å²) in [5.41, 5.74) is 1.10. The Kier molecular flexibility index (Phi) is 4.06. The van der Waals surface area contributed by atoms with E-state index in [1.165, 1.54) is 4.90 Å². The van der Waals surface area contributed by atoms with Crippen LogP contribution in [0, 0.1) is 6.92 Å². The molecule has 0 saturated carbocycles. The summed E-state index contributed by atoms with van der Waals surface area (Å²) in [7, 11) is 0. The molecular formula is C12H16N2O4S. The molecule has 2 rings (SSSR count). The van der Waals surface area contributed by atoms with Crippen molar-refractivity contribution in [1.82, 2.24) is 10.2 Å². The van der Waals surface area contributed by atoms with Crippen molar-refractivity contribution in [1.29, 1.82) is 0 Å². The highest BCUT2D eigenvalue weighted by atomic mass is 32.1. The Balaban J connectivity index is 1.96. The number of hydrogen-bond acceptors (Lipinski definition) is 4. The van der Waals surface area contributed by atoms with Crippen LogP contribution in [0.4, 0.5) is 4.79 Å². The van der Waals surface area contributed by atoms with Gasteiger partial charge in [-0.3, -0.25) is 0 Å². The summed E-state index contributed by atoms with van der Waals surface area (Å²) in [4.78, 5) is 25.2. The van der Waals surface area contributed by atoms with Crippen LogP contribution in [0.1, 0.15) is 16.9 Å². The molecule has 1 fully saturated rings. The van der Waals surface area contributed by atoms with Gasteiger partial charge in [0.05, 0.1) is 12.6 Å². The molecule has 2 heterocycles. The second kappa shape index (κ2) is 5.58. The Bertz CT molecular complexity index is 488. The molecule has 0 aliphatic carbocycles. The topological polar surface area (TPSA) is 89.9 Å². The molecule has 0 aromatic carbocycles. The Morgan fingerprint density at radius 3 is 2.89 bits per heavy atom. The first-order valence-corrected chi connectivity index (χ1v) is 6.85. The van der Waals surface area contributed by atoms with Gasteiger partial charge in [0.2, 0.25) is 0 Å². The second-order valence-electron chi connectivity index (χ2n) is 4.58. The van der Waals surface area contributed by atoms with Crippen LogP contribution >= 0.6 is 11.3 Å². The molecule has 0 radical (unpaired) electrons. The fraction of sp³-hybridized carbons (Fsp3) is 0.500. The number of carboxylic acids is 1. The Morgan fingerprint density at radius 1 is 1.58 bits per heavy atom. The maximum Gasteiger partial charge on any atom is 0.326 e. The normalized spacial score (nSPS) is 22.5. The van der Waals surface area contributed by atoms with Crippen LogP contribution in [-0.4, -0.2) is 45.8 Å². The molecule has 0 spiro atoms. The predicted octanol–water partition coefficient (Wildman–Crippen LogP) is 0.786. The summed E-state index contributed by atoms with van der Waals surface area (Å²) in [5.74, 6) is -1.08. The number of nitrogens with zero attached hydrogens (tertiary/aromatic N) is 1. The second-order valence-corrected chi connectivity index (χ2v) is 5.58. The number of rotatable bonds is 3. The van der Waals surface area contributed by atoms with Crippen LogP contribution in [0.5, 0.6) is 0 Å². The van der Waals surface area contributed by atoms with Crippen molar-refractivity contribution in [2.24, 2.45) is 0 Å². The number of aryl methyl sites for hydroxylation is 1. The minimum atomic E-state index is -1.08. The number of carbonyl (C=O) groups is 2. The van der Waals surface area contributed by atoms with E-state index in [2.05, 4.69) is 5.32 Å². The largest absolute Gasteiger partial charge is 0.480 e. The van der Waals surface area contributed by atoms with E-state index < -0.39 is 24.1 Å². The van der Waals surface area contributed by atoms with E-state index in [0.717, 1.165) is 10.4 Å². The van der Waals surface area contributed by atoms with E-state index >= 15 is 0 Å². The van der Waals surface area contributed by atoms with Crippen molar-refractivity contribution in [3.63, 3.8) is 0 Å². The summed E-state index contributed by atoms with van der Waals surface area (Å²) >= 11 is 1.54. The number of likely N-dealkylation sites (tertiary alicyclic amines) is 1. The minimum absolute atomic E-state index is 0.0617. The first-order valence-electron chi connectivity index (χ1n) is 5.97. The molecule has 19 heavy (non-hydrogen) atoms. The van der Waals surface area contributed by atoms with Gasteiger partial charge in [-0.2, -0.15) is 0 Å². The first kappa shape index (κ1) is 13.8. The number of nitrogens with one attached hydrogen (secondary N) is 1. The number of hydrogen-bond donors (Lipinski definition) is 3. The van der Waals surface area contributed by atoms with E-state index in [4.69, 9.17) is 5.11 Å². The van der Waals surface area contributed by atoms with Crippen molar-refractivity contribution in [2.75, 3.05) is 6.54 Å². The van der Waals surface area contributed by atoms with Gasteiger partial charge < -0.3 is 20.4 Å². The lowest BCUT2D eigenvalue weighted by Gasteiger charge is -2.21. The monoisotopic (exact) mass is 284 g/mol. The highest BCUT2D eigenvalue weighted by Gasteiger charge is 2.38. The smallest absolute Gasteiger partial charge is 0.326 e. The van der Waals surface area contributed by atoms with E-state index in [1.807, 2.05) is 18.4 Å². The van der Waals surface area contributed by atoms with Crippen LogP contribution in [0.2, 0.25) is 0 Å². The van der Waals surface area contributed by atoms with E-state index in [0.29, 0.717) is 6.54 Å². The predicted molar refractivity (Wildman–Crippen MR) is 70.0 cm³/mol. The quantitative estimate of drug-likeness (QED) is 0.765. The van der Waals surface area contributed by atoms with Gasteiger partial charge in [0.25, 0.3) is 0 Å². The third kappa shape index (κ3) is 3.05. The molecular weight excluding hydrogens is 268 g/mol. The van der Waals surface area contributed by atoms with Gasteiger partial charge in [-0.15, -0.1) is 11.3 Å². The molecule has 1 aromatic rings. The molecule has 104 valence electrons. The van der Waals surface area contributed by atoms with E-state index in [-0.39, 0.29) is 13.0 Å². The molecule has 1 unspecified atom stereocenters. The van der Waals surface area contributed by atoms with Crippen LogP contribution < -0.4 is 5.32 Å². The van der Waals surface area contributed by atoms with Gasteiger partial charge in [0.15, 0.2) is 0 Å². The molecule has 1 saturated heterocycles. The Morgan fingerprint density at radius 2 is 2.32 bits per heavy atom. The van der Waals surface area contributed by atoms with Crippen LogP contribution in [-0.2, 0) is 11.3 Å². The van der Waals surface area contributed by atoms with Crippen molar-refractivity contribution in [3.8, 4) is 0 Å². The number of carbonyl (C=O) groups excluding carboxylic acids is 1. The maximum atomic E-state index is 12.0. The first-order chi connectivity index (χ1) is 8.99. The van der Waals surface area contributed by atoms with Gasteiger partial charge in [0.1, 0.15) is 6.04 Å². The lowest BCUT2D eigenvalue weighted by molar-refractivity contribution is -0.141. The highest BCUT2D eigenvalue weighted by Crippen LogP contribution is 2.19. The molecule has 0 bridgehead atoms. The number of urea groups is 1. The van der Waals surface area contributed by atoms with Gasteiger partial charge in [-0.25, -0.2) is 9.59 Å². The van der Waals surface area contributed by atoms with E-state index in [1.54, 1.807) is 11.3 Å². The standard InChI is InChI=1S/C12H16N2O4S/c1-7-2-3-19-10(7)5-13-12(18)14-6-8(15)4-9(14)11(16)17/h2-3,8-9,15H,4-6H2,1H3,(H,13,18)(H,16,17)/t8?,9-/m0/s1. The Hall–Kier alpha value is -1.60. The number of carboxylic acid groups (broad SMARTS) is 1. The average Bonchev–Trinajstić information content (AvgIpc) is 2.92. The van der Waals surface area contributed by atoms with Gasteiger partial charge in [-0.05, 0) is 23.9 Å². The number of amides is 2. The molecule has 1 aliphatic rings. The number of aliphatic hydroxyl groups excluding tert-OH is 1. The summed E-state index contributed by atoms with van der Waals surface area (Å²) in [6, 6.07) is 0.572.